The van der Waals surface area contributed by atoms with Crippen molar-refractivity contribution in [1.29, 1.82) is 0 Å². The van der Waals surface area contributed by atoms with Gasteiger partial charge in [0.2, 0.25) is 5.91 Å². The maximum atomic E-state index is 14.1. The van der Waals surface area contributed by atoms with E-state index >= 15 is 0 Å². The van der Waals surface area contributed by atoms with Crippen LogP contribution in [0.1, 0.15) is 35.2 Å². The van der Waals surface area contributed by atoms with E-state index in [9.17, 15) is 18.4 Å². The molecule has 34 heavy (non-hydrogen) atoms. The molecule has 0 saturated carbocycles. The summed E-state index contributed by atoms with van der Waals surface area (Å²) in [6, 6.07) is 10.2. The number of hydrogen-bond acceptors (Lipinski definition) is 4. The number of ether oxygens (including phenoxy) is 2. The first-order chi connectivity index (χ1) is 16.3. The van der Waals surface area contributed by atoms with Crippen molar-refractivity contribution in [3.05, 3.63) is 65.2 Å². The van der Waals surface area contributed by atoms with Crippen LogP contribution in [0.3, 0.4) is 0 Å². The van der Waals surface area contributed by atoms with Crippen molar-refractivity contribution >= 4 is 11.8 Å². The first kappa shape index (κ1) is 24.1. The van der Waals surface area contributed by atoms with Gasteiger partial charge in [0.1, 0.15) is 17.4 Å². The van der Waals surface area contributed by atoms with Crippen molar-refractivity contribution in [2.75, 3.05) is 46.0 Å². The minimum atomic E-state index is -0.610. The zero-order valence-electron chi connectivity index (χ0n) is 19.4. The molecule has 2 heterocycles. The van der Waals surface area contributed by atoms with Gasteiger partial charge in [0.25, 0.3) is 5.91 Å². The van der Waals surface area contributed by atoms with E-state index in [1.807, 2.05) is 0 Å². The number of piperidine rings is 1. The number of aryl methyl sites for hydroxylation is 1. The topological polar surface area (TPSA) is 59.1 Å². The molecule has 2 aromatic carbocycles. The summed E-state index contributed by atoms with van der Waals surface area (Å²) < 4.78 is 38.8. The van der Waals surface area contributed by atoms with E-state index in [-0.39, 0.29) is 36.2 Å². The number of amides is 2. The molecule has 2 aliphatic rings. The Bertz CT molecular complexity index is 1020. The fourth-order valence-corrected chi connectivity index (χ4v) is 4.62. The predicted octanol–water partition coefficient (Wildman–Crippen LogP) is 3.82. The molecule has 0 N–H and O–H groups in total. The molecule has 0 spiro atoms. The van der Waals surface area contributed by atoms with Gasteiger partial charge in [0, 0.05) is 43.6 Å². The first-order valence-corrected chi connectivity index (χ1v) is 11.6. The molecule has 8 heteroatoms. The Morgan fingerprint density at radius 2 is 1.76 bits per heavy atom. The van der Waals surface area contributed by atoms with Crippen LogP contribution in [-0.4, -0.2) is 67.6 Å². The molecule has 2 aliphatic heterocycles. The van der Waals surface area contributed by atoms with Crippen LogP contribution in [0.5, 0.6) is 5.75 Å². The minimum absolute atomic E-state index is 0.00156. The Balaban J connectivity index is 1.53. The molecular formula is C26H30F2N2O4. The summed E-state index contributed by atoms with van der Waals surface area (Å²) in [5, 5.41) is 0. The molecule has 182 valence electrons. The number of morpholine rings is 1. The Hall–Kier alpha value is -3.00. The van der Waals surface area contributed by atoms with Crippen molar-refractivity contribution in [1.82, 2.24) is 9.80 Å². The summed E-state index contributed by atoms with van der Waals surface area (Å²) >= 11 is 0. The van der Waals surface area contributed by atoms with Crippen molar-refractivity contribution in [3.63, 3.8) is 0 Å². The second kappa shape index (κ2) is 10.5. The maximum absolute atomic E-state index is 14.1. The lowest BCUT2D eigenvalue weighted by molar-refractivity contribution is -0.139. The second-order valence-electron chi connectivity index (χ2n) is 9.21. The van der Waals surface area contributed by atoms with Crippen LogP contribution in [0, 0.1) is 24.0 Å². The van der Waals surface area contributed by atoms with Crippen molar-refractivity contribution in [2.24, 2.45) is 5.41 Å². The summed E-state index contributed by atoms with van der Waals surface area (Å²) in [7, 11) is 0. The van der Waals surface area contributed by atoms with Crippen LogP contribution in [-0.2, 0) is 9.53 Å². The number of carbonyl (C=O) groups is 2. The van der Waals surface area contributed by atoms with E-state index in [1.165, 1.54) is 18.2 Å². The molecule has 0 aliphatic carbocycles. The highest BCUT2D eigenvalue weighted by atomic mass is 19.1. The average molecular weight is 473 g/mol. The molecule has 1 unspecified atom stereocenters. The Kier molecular flexibility index (Phi) is 7.46. The molecule has 2 amide bonds. The quantitative estimate of drug-likeness (QED) is 0.642. The highest BCUT2D eigenvalue weighted by Crippen LogP contribution is 2.36. The molecule has 4 rings (SSSR count). The van der Waals surface area contributed by atoms with Crippen LogP contribution in [0.25, 0.3) is 0 Å². The Morgan fingerprint density at radius 1 is 1.03 bits per heavy atom. The minimum Gasteiger partial charge on any atom is -0.493 e. The molecule has 6 nitrogen and oxygen atoms in total. The summed E-state index contributed by atoms with van der Waals surface area (Å²) in [4.78, 5) is 29.9. The molecular weight excluding hydrogens is 442 g/mol. The lowest BCUT2D eigenvalue weighted by Gasteiger charge is -2.43. The zero-order valence-corrected chi connectivity index (χ0v) is 19.4. The van der Waals surface area contributed by atoms with E-state index < -0.39 is 11.2 Å². The van der Waals surface area contributed by atoms with Gasteiger partial charge in [-0.1, -0.05) is 6.07 Å². The lowest BCUT2D eigenvalue weighted by Crippen LogP contribution is -2.52. The smallest absolute Gasteiger partial charge is 0.253 e. The molecule has 2 fully saturated rings. The summed E-state index contributed by atoms with van der Waals surface area (Å²) in [6.07, 6.45) is 1.62. The summed E-state index contributed by atoms with van der Waals surface area (Å²) in [6.45, 7) is 4.80. The van der Waals surface area contributed by atoms with Crippen molar-refractivity contribution < 1.29 is 27.8 Å². The molecule has 2 saturated heterocycles. The molecule has 0 radical (unpaired) electrons. The van der Waals surface area contributed by atoms with Crippen molar-refractivity contribution in [3.8, 4) is 5.75 Å². The molecule has 2 aromatic rings. The number of halogens is 2. The van der Waals surface area contributed by atoms with Crippen LogP contribution in [0.15, 0.2) is 42.5 Å². The van der Waals surface area contributed by atoms with E-state index in [4.69, 9.17) is 9.47 Å². The predicted molar refractivity (Wildman–Crippen MR) is 123 cm³/mol. The molecule has 0 bridgehead atoms. The largest absolute Gasteiger partial charge is 0.493 e. The number of nitrogens with zero attached hydrogens (tertiary/aromatic N) is 2. The first-order valence-electron chi connectivity index (χ1n) is 11.6. The maximum Gasteiger partial charge on any atom is 0.253 e. The van der Waals surface area contributed by atoms with Gasteiger partial charge < -0.3 is 19.3 Å². The van der Waals surface area contributed by atoms with Gasteiger partial charge in [-0.15, -0.1) is 0 Å². The van der Waals surface area contributed by atoms with Gasteiger partial charge in [-0.2, -0.15) is 0 Å². The highest BCUT2D eigenvalue weighted by molar-refractivity contribution is 5.94. The average Bonchev–Trinajstić information content (AvgIpc) is 2.85. The molecule has 1 atom stereocenters. The number of hydrogen-bond donors (Lipinski definition) is 0. The third-order valence-electron chi connectivity index (χ3n) is 6.62. The fourth-order valence-electron chi connectivity index (χ4n) is 4.62. The zero-order chi connectivity index (χ0) is 24.1. The number of carbonyl (C=O) groups excluding carboxylic acids is 2. The van der Waals surface area contributed by atoms with Gasteiger partial charge in [0.15, 0.2) is 0 Å². The SMILES string of the molecule is Cc1ccc(C(=O)N2CCCC(COc3ccc(F)cc3)(CC(=O)N3CCOCC3)C2)cc1F. The highest BCUT2D eigenvalue weighted by Gasteiger charge is 2.41. The monoisotopic (exact) mass is 472 g/mol. The number of benzene rings is 2. The van der Waals surface area contributed by atoms with Gasteiger partial charge in [-0.05, 0) is 61.7 Å². The number of likely N-dealkylation sites (tertiary alicyclic amines) is 1. The third kappa shape index (κ3) is 5.73. The van der Waals surface area contributed by atoms with E-state index in [0.717, 1.165) is 0 Å². The van der Waals surface area contributed by atoms with E-state index in [1.54, 1.807) is 41.0 Å². The van der Waals surface area contributed by atoms with Crippen LogP contribution < -0.4 is 4.74 Å². The fraction of sp³-hybridized carbons (Fsp3) is 0.462. The second-order valence-corrected chi connectivity index (χ2v) is 9.21. The van der Waals surface area contributed by atoms with Crippen LogP contribution in [0.2, 0.25) is 0 Å². The van der Waals surface area contributed by atoms with E-state index in [2.05, 4.69) is 0 Å². The van der Waals surface area contributed by atoms with Gasteiger partial charge in [-0.3, -0.25) is 9.59 Å². The normalized spacial score (nSPS) is 20.8. The standard InChI is InChI=1S/C26H30F2N2O4/c1-19-3-4-20(15-23(19)28)25(32)30-10-2-9-26(17-30,16-24(31)29-11-13-33-14-12-29)18-34-22-7-5-21(27)6-8-22/h3-8,15H,2,9-14,16-18H2,1H3. The Labute approximate surface area is 198 Å². The Morgan fingerprint density at radius 3 is 2.47 bits per heavy atom. The van der Waals surface area contributed by atoms with E-state index in [0.29, 0.717) is 63.5 Å². The van der Waals surface area contributed by atoms with Crippen molar-refractivity contribution in [2.45, 2.75) is 26.2 Å². The number of rotatable bonds is 6. The third-order valence-corrected chi connectivity index (χ3v) is 6.62. The lowest BCUT2D eigenvalue weighted by atomic mass is 9.77. The molecule has 0 aromatic heterocycles. The van der Waals surface area contributed by atoms with Gasteiger partial charge in [0.05, 0.1) is 19.8 Å². The van der Waals surface area contributed by atoms with Crippen LogP contribution >= 0.6 is 0 Å². The van der Waals surface area contributed by atoms with Crippen LogP contribution in [0.4, 0.5) is 8.78 Å². The summed E-state index contributed by atoms with van der Waals surface area (Å²) in [5.41, 5.74) is 0.159. The van der Waals surface area contributed by atoms with Gasteiger partial charge in [-0.25, -0.2) is 8.78 Å². The van der Waals surface area contributed by atoms with Gasteiger partial charge >= 0.3 is 0 Å². The summed E-state index contributed by atoms with van der Waals surface area (Å²) in [5.74, 6) is -0.533.